The minimum atomic E-state index is -0.437. The van der Waals surface area contributed by atoms with Gasteiger partial charge < -0.3 is 5.32 Å². The molecule has 0 amide bonds. The van der Waals surface area contributed by atoms with Crippen LogP contribution in [0.15, 0.2) is 18.2 Å². The van der Waals surface area contributed by atoms with Gasteiger partial charge in [0.2, 0.25) is 0 Å². The lowest BCUT2D eigenvalue weighted by atomic mass is 10.1. The van der Waals surface area contributed by atoms with E-state index in [0.29, 0.717) is 17.1 Å². The zero-order chi connectivity index (χ0) is 13.8. The number of rotatable bonds is 4. The first-order valence-corrected chi connectivity index (χ1v) is 6.55. The molecule has 0 heterocycles. The summed E-state index contributed by atoms with van der Waals surface area (Å²) in [7, 11) is 0. The van der Waals surface area contributed by atoms with Crippen LogP contribution in [0, 0.1) is 27.4 Å². The van der Waals surface area contributed by atoms with Gasteiger partial charge in [0.15, 0.2) is 0 Å². The lowest BCUT2D eigenvalue weighted by molar-refractivity contribution is -0.384. The summed E-state index contributed by atoms with van der Waals surface area (Å²) in [5.74, 6) is 0.0254. The maximum atomic E-state index is 10.7. The monoisotopic (exact) mass is 279 g/mol. The van der Waals surface area contributed by atoms with Crippen LogP contribution in [-0.4, -0.2) is 11.0 Å². The summed E-state index contributed by atoms with van der Waals surface area (Å²) >= 11 is 6.03. The molecule has 0 radical (unpaired) electrons. The van der Waals surface area contributed by atoms with Crippen LogP contribution in [0.3, 0.4) is 0 Å². The normalized spacial score (nSPS) is 22.1. The standard InChI is InChI=1S/C13H14ClN3O2/c14-12-5-4-11(17(18)19)6-10(12)8-16-13-3-1-2-9(13)7-15/h4-6,9,13,16H,1-3,8H2. The number of halogens is 1. The van der Waals surface area contributed by atoms with Gasteiger partial charge in [0, 0.05) is 29.7 Å². The molecule has 1 aromatic rings. The molecule has 1 aromatic carbocycles. The van der Waals surface area contributed by atoms with Crippen LogP contribution in [-0.2, 0) is 6.54 Å². The molecule has 1 aliphatic rings. The first-order valence-electron chi connectivity index (χ1n) is 6.17. The topological polar surface area (TPSA) is 79.0 Å². The van der Waals surface area contributed by atoms with Gasteiger partial charge in [-0.2, -0.15) is 5.26 Å². The third-order valence-corrected chi connectivity index (χ3v) is 3.85. The molecule has 19 heavy (non-hydrogen) atoms. The number of nitro benzene ring substituents is 1. The predicted molar refractivity (Wildman–Crippen MR) is 71.7 cm³/mol. The molecule has 2 rings (SSSR count). The Morgan fingerprint density at radius 3 is 3.00 bits per heavy atom. The highest BCUT2D eigenvalue weighted by Crippen LogP contribution is 2.26. The average Bonchev–Trinajstić information content (AvgIpc) is 2.85. The van der Waals surface area contributed by atoms with E-state index in [1.165, 1.54) is 18.2 Å². The summed E-state index contributed by atoms with van der Waals surface area (Å²) in [5.41, 5.74) is 0.726. The van der Waals surface area contributed by atoms with Crippen molar-refractivity contribution < 1.29 is 4.92 Å². The van der Waals surface area contributed by atoms with Gasteiger partial charge in [-0.15, -0.1) is 0 Å². The molecule has 6 heteroatoms. The van der Waals surface area contributed by atoms with Crippen molar-refractivity contribution in [1.29, 1.82) is 5.26 Å². The van der Waals surface area contributed by atoms with Crippen LogP contribution in [0.25, 0.3) is 0 Å². The lowest BCUT2D eigenvalue weighted by Gasteiger charge is -2.16. The number of nitrogens with zero attached hydrogens (tertiary/aromatic N) is 2. The van der Waals surface area contributed by atoms with Crippen LogP contribution in [0.1, 0.15) is 24.8 Å². The molecule has 0 bridgehead atoms. The van der Waals surface area contributed by atoms with Gasteiger partial charge in [0.1, 0.15) is 0 Å². The number of non-ortho nitro benzene ring substituents is 1. The third-order valence-electron chi connectivity index (χ3n) is 3.48. The van der Waals surface area contributed by atoms with Crippen LogP contribution in [0.5, 0.6) is 0 Å². The van der Waals surface area contributed by atoms with Crippen molar-refractivity contribution in [3.8, 4) is 6.07 Å². The first kappa shape index (κ1) is 13.8. The zero-order valence-electron chi connectivity index (χ0n) is 10.3. The highest BCUT2D eigenvalue weighted by molar-refractivity contribution is 6.31. The first-order chi connectivity index (χ1) is 9.11. The Kier molecular flexibility index (Phi) is 4.35. The largest absolute Gasteiger partial charge is 0.309 e. The molecule has 0 saturated heterocycles. The Hall–Kier alpha value is -1.64. The fraction of sp³-hybridized carbons (Fsp3) is 0.462. The molecule has 2 unspecified atom stereocenters. The summed E-state index contributed by atoms with van der Waals surface area (Å²) in [6, 6.07) is 6.84. The van der Waals surface area contributed by atoms with Gasteiger partial charge in [0.25, 0.3) is 5.69 Å². The minimum Gasteiger partial charge on any atom is -0.309 e. The van der Waals surface area contributed by atoms with Crippen LogP contribution in [0.4, 0.5) is 5.69 Å². The molecule has 100 valence electrons. The van der Waals surface area contributed by atoms with E-state index in [0.717, 1.165) is 19.3 Å². The summed E-state index contributed by atoms with van der Waals surface area (Å²) < 4.78 is 0. The molecule has 0 spiro atoms. The fourth-order valence-corrected chi connectivity index (χ4v) is 2.59. The highest BCUT2D eigenvalue weighted by atomic mass is 35.5. The van der Waals surface area contributed by atoms with E-state index < -0.39 is 4.92 Å². The Labute approximate surface area is 116 Å². The molecule has 5 nitrogen and oxygen atoms in total. The van der Waals surface area contributed by atoms with Gasteiger partial charge in [-0.25, -0.2) is 0 Å². The number of nitro groups is 1. The summed E-state index contributed by atoms with van der Waals surface area (Å²) in [5, 5.41) is 23.5. The molecular weight excluding hydrogens is 266 g/mol. The van der Waals surface area contributed by atoms with Crippen LogP contribution < -0.4 is 5.32 Å². The van der Waals surface area contributed by atoms with E-state index in [9.17, 15) is 10.1 Å². The molecular formula is C13H14ClN3O2. The van der Waals surface area contributed by atoms with Crippen LogP contribution in [0.2, 0.25) is 5.02 Å². The second-order valence-corrected chi connectivity index (χ2v) is 5.09. The Morgan fingerprint density at radius 1 is 1.53 bits per heavy atom. The van der Waals surface area contributed by atoms with Gasteiger partial charge in [-0.05, 0) is 24.5 Å². The van der Waals surface area contributed by atoms with Crippen molar-refractivity contribution in [3.63, 3.8) is 0 Å². The number of hydrogen-bond donors (Lipinski definition) is 1. The summed E-state index contributed by atoms with van der Waals surface area (Å²) in [4.78, 5) is 10.3. The number of nitriles is 1. The van der Waals surface area contributed by atoms with Crippen molar-refractivity contribution >= 4 is 17.3 Å². The van der Waals surface area contributed by atoms with E-state index in [4.69, 9.17) is 16.9 Å². The van der Waals surface area contributed by atoms with E-state index in [2.05, 4.69) is 11.4 Å². The Bertz CT molecular complexity index is 527. The Balaban J connectivity index is 2.05. The van der Waals surface area contributed by atoms with Gasteiger partial charge in [0.05, 0.1) is 16.9 Å². The quantitative estimate of drug-likeness (QED) is 0.679. The SMILES string of the molecule is N#CC1CCCC1NCc1cc([N+](=O)[O-])ccc1Cl. The third kappa shape index (κ3) is 3.22. The van der Waals surface area contributed by atoms with Gasteiger partial charge in [-0.3, -0.25) is 10.1 Å². The molecule has 1 aliphatic carbocycles. The van der Waals surface area contributed by atoms with Gasteiger partial charge in [-0.1, -0.05) is 18.0 Å². The van der Waals surface area contributed by atoms with Crippen molar-refractivity contribution in [3.05, 3.63) is 38.9 Å². The highest BCUT2D eigenvalue weighted by Gasteiger charge is 2.26. The molecule has 1 N–H and O–H groups in total. The summed E-state index contributed by atoms with van der Waals surface area (Å²) in [6.45, 7) is 0.448. The van der Waals surface area contributed by atoms with E-state index in [1.54, 1.807) is 0 Å². The minimum absolute atomic E-state index is 0.0254. The number of hydrogen-bond acceptors (Lipinski definition) is 4. The maximum absolute atomic E-state index is 10.7. The van der Waals surface area contributed by atoms with Crippen molar-refractivity contribution in [1.82, 2.24) is 5.32 Å². The molecule has 0 aromatic heterocycles. The number of nitrogens with one attached hydrogen (secondary N) is 1. The molecule has 0 aliphatic heterocycles. The Morgan fingerprint density at radius 2 is 2.32 bits per heavy atom. The smallest absolute Gasteiger partial charge is 0.269 e. The van der Waals surface area contributed by atoms with Gasteiger partial charge >= 0.3 is 0 Å². The van der Waals surface area contributed by atoms with Crippen molar-refractivity contribution in [2.45, 2.75) is 31.8 Å². The number of benzene rings is 1. The average molecular weight is 280 g/mol. The van der Waals surface area contributed by atoms with Crippen molar-refractivity contribution in [2.24, 2.45) is 5.92 Å². The summed E-state index contributed by atoms with van der Waals surface area (Å²) in [6.07, 6.45) is 2.92. The second-order valence-electron chi connectivity index (χ2n) is 4.69. The van der Waals surface area contributed by atoms with Crippen molar-refractivity contribution in [2.75, 3.05) is 0 Å². The van der Waals surface area contributed by atoms with E-state index in [-0.39, 0.29) is 17.6 Å². The predicted octanol–water partition coefficient (Wildman–Crippen LogP) is 3.03. The molecule has 1 fully saturated rings. The van der Waals surface area contributed by atoms with E-state index in [1.807, 2.05) is 0 Å². The molecule has 1 saturated carbocycles. The second kappa shape index (κ2) is 6.00. The fourth-order valence-electron chi connectivity index (χ4n) is 2.41. The zero-order valence-corrected chi connectivity index (χ0v) is 11.1. The lowest BCUT2D eigenvalue weighted by Crippen LogP contribution is -2.31. The maximum Gasteiger partial charge on any atom is 0.269 e. The van der Waals surface area contributed by atoms with Crippen LogP contribution >= 0.6 is 11.6 Å². The van der Waals surface area contributed by atoms with E-state index >= 15 is 0 Å². The molecule has 2 atom stereocenters.